The molecule has 0 aromatic carbocycles. The summed E-state index contributed by atoms with van der Waals surface area (Å²) in [5.74, 6) is 0.861. The molecule has 86 valence electrons. The van der Waals surface area contributed by atoms with Gasteiger partial charge in [-0.1, -0.05) is 6.92 Å². The van der Waals surface area contributed by atoms with Gasteiger partial charge in [0, 0.05) is 19.3 Å². The van der Waals surface area contributed by atoms with Gasteiger partial charge in [0.25, 0.3) is 0 Å². The minimum absolute atomic E-state index is 0.360. The summed E-state index contributed by atoms with van der Waals surface area (Å²) in [7, 11) is 0. The van der Waals surface area contributed by atoms with Gasteiger partial charge in [-0.2, -0.15) is 5.26 Å². The summed E-state index contributed by atoms with van der Waals surface area (Å²) in [6.07, 6.45) is 5.40. The first-order chi connectivity index (χ1) is 7.36. The van der Waals surface area contributed by atoms with Crippen LogP contribution in [0.25, 0.3) is 0 Å². The van der Waals surface area contributed by atoms with Gasteiger partial charge in [-0.25, -0.2) is 0 Å². The van der Waals surface area contributed by atoms with Crippen molar-refractivity contribution in [2.24, 2.45) is 5.92 Å². The van der Waals surface area contributed by atoms with Gasteiger partial charge in [0.1, 0.15) is 0 Å². The highest BCUT2D eigenvalue weighted by atomic mass is 16.5. The van der Waals surface area contributed by atoms with E-state index in [0.29, 0.717) is 12.5 Å². The second kappa shape index (κ2) is 7.67. The molecule has 1 atom stereocenters. The number of hydrogen-bond acceptors (Lipinski definition) is 3. The summed E-state index contributed by atoms with van der Waals surface area (Å²) in [5, 5.41) is 11.9. The van der Waals surface area contributed by atoms with Crippen LogP contribution < -0.4 is 5.32 Å². The van der Waals surface area contributed by atoms with Crippen LogP contribution in [0.15, 0.2) is 0 Å². The van der Waals surface area contributed by atoms with Crippen LogP contribution in [0.5, 0.6) is 0 Å². The predicted molar refractivity (Wildman–Crippen MR) is 60.5 cm³/mol. The summed E-state index contributed by atoms with van der Waals surface area (Å²) in [4.78, 5) is 0. The fourth-order valence-electron chi connectivity index (χ4n) is 1.49. The van der Waals surface area contributed by atoms with E-state index in [4.69, 9.17) is 10.00 Å². The van der Waals surface area contributed by atoms with Gasteiger partial charge in [0.05, 0.1) is 12.5 Å². The number of ether oxygens (including phenoxy) is 1. The Morgan fingerprint density at radius 2 is 2.33 bits per heavy atom. The minimum Gasteiger partial charge on any atom is -0.381 e. The van der Waals surface area contributed by atoms with Crippen LogP contribution in [-0.4, -0.2) is 25.8 Å². The molecule has 0 bridgehead atoms. The highest BCUT2D eigenvalue weighted by Crippen LogP contribution is 2.28. The van der Waals surface area contributed by atoms with Crippen molar-refractivity contribution in [2.45, 2.75) is 45.1 Å². The number of hydrogen-bond donors (Lipinski definition) is 1. The Labute approximate surface area is 92.8 Å². The van der Waals surface area contributed by atoms with Gasteiger partial charge in [0.15, 0.2) is 0 Å². The van der Waals surface area contributed by atoms with E-state index in [1.165, 1.54) is 12.8 Å². The summed E-state index contributed by atoms with van der Waals surface area (Å²) in [6.45, 7) is 4.88. The van der Waals surface area contributed by atoms with Gasteiger partial charge >= 0.3 is 0 Å². The van der Waals surface area contributed by atoms with E-state index < -0.39 is 0 Å². The maximum absolute atomic E-state index is 8.56. The van der Waals surface area contributed by atoms with E-state index in [9.17, 15) is 0 Å². The molecule has 0 saturated heterocycles. The average molecular weight is 210 g/mol. The molecule has 0 aromatic rings. The number of nitrogens with zero attached hydrogens (tertiary/aromatic N) is 1. The zero-order chi connectivity index (χ0) is 10.9. The SMILES string of the molecule is CCC(CC#N)NCCCOCC1CC1. The van der Waals surface area contributed by atoms with Crippen LogP contribution in [0.4, 0.5) is 0 Å². The zero-order valence-corrected chi connectivity index (χ0v) is 9.67. The lowest BCUT2D eigenvalue weighted by Gasteiger charge is -2.13. The Morgan fingerprint density at radius 1 is 1.53 bits per heavy atom. The second-order valence-corrected chi connectivity index (χ2v) is 4.29. The molecule has 3 nitrogen and oxygen atoms in total. The summed E-state index contributed by atoms with van der Waals surface area (Å²) >= 11 is 0. The quantitative estimate of drug-likeness (QED) is 0.593. The largest absolute Gasteiger partial charge is 0.381 e. The number of rotatable bonds is 9. The normalized spacial score (nSPS) is 17.3. The molecule has 15 heavy (non-hydrogen) atoms. The molecule has 3 heteroatoms. The Kier molecular flexibility index (Phi) is 6.38. The number of nitriles is 1. The third-order valence-corrected chi connectivity index (χ3v) is 2.78. The van der Waals surface area contributed by atoms with Crippen molar-refractivity contribution in [2.75, 3.05) is 19.8 Å². The van der Waals surface area contributed by atoms with Gasteiger partial charge in [-0.3, -0.25) is 0 Å². The molecule has 1 N–H and O–H groups in total. The standard InChI is InChI=1S/C12H22N2O/c1-2-12(6-7-13)14-8-3-9-15-10-11-4-5-11/h11-12,14H,2-6,8-10H2,1H3. The molecule has 0 spiro atoms. The fraction of sp³-hybridized carbons (Fsp3) is 0.917. The molecule has 0 radical (unpaired) electrons. The molecule has 0 amide bonds. The third-order valence-electron chi connectivity index (χ3n) is 2.78. The maximum Gasteiger partial charge on any atom is 0.0638 e. The first-order valence-electron chi connectivity index (χ1n) is 6.05. The first kappa shape index (κ1) is 12.5. The lowest BCUT2D eigenvalue weighted by atomic mass is 10.1. The van der Waals surface area contributed by atoms with E-state index in [0.717, 1.165) is 38.5 Å². The molecule has 1 saturated carbocycles. The average Bonchev–Trinajstić information content (AvgIpc) is 3.05. The Balaban J connectivity index is 1.83. The third kappa shape index (κ3) is 6.48. The molecular formula is C12H22N2O. The highest BCUT2D eigenvalue weighted by molar-refractivity contribution is 4.79. The molecule has 0 heterocycles. The van der Waals surface area contributed by atoms with Crippen LogP contribution >= 0.6 is 0 Å². The lowest BCUT2D eigenvalue weighted by Crippen LogP contribution is -2.29. The molecule has 0 aliphatic heterocycles. The van der Waals surface area contributed by atoms with Crippen LogP contribution in [0.1, 0.15) is 39.0 Å². The van der Waals surface area contributed by atoms with Crippen molar-refractivity contribution < 1.29 is 4.74 Å². The summed E-state index contributed by atoms with van der Waals surface area (Å²) < 4.78 is 5.53. The molecule has 0 aromatic heterocycles. The predicted octanol–water partition coefficient (Wildman–Crippen LogP) is 2.08. The van der Waals surface area contributed by atoms with Crippen molar-refractivity contribution in [3.05, 3.63) is 0 Å². The molecular weight excluding hydrogens is 188 g/mol. The highest BCUT2D eigenvalue weighted by Gasteiger charge is 2.20. The second-order valence-electron chi connectivity index (χ2n) is 4.29. The maximum atomic E-state index is 8.56. The molecule has 1 unspecified atom stereocenters. The van der Waals surface area contributed by atoms with Gasteiger partial charge < -0.3 is 10.1 Å². The molecule has 1 aliphatic rings. The molecule has 1 rings (SSSR count). The van der Waals surface area contributed by atoms with Crippen molar-refractivity contribution in [3.63, 3.8) is 0 Å². The van der Waals surface area contributed by atoms with Gasteiger partial charge in [-0.05, 0) is 38.1 Å². The van der Waals surface area contributed by atoms with Crippen LogP contribution in [-0.2, 0) is 4.74 Å². The van der Waals surface area contributed by atoms with Crippen molar-refractivity contribution in [3.8, 4) is 6.07 Å². The monoisotopic (exact) mass is 210 g/mol. The van der Waals surface area contributed by atoms with Crippen LogP contribution in [0.2, 0.25) is 0 Å². The number of nitrogens with one attached hydrogen (secondary N) is 1. The molecule has 1 aliphatic carbocycles. The van der Waals surface area contributed by atoms with E-state index in [-0.39, 0.29) is 0 Å². The zero-order valence-electron chi connectivity index (χ0n) is 9.67. The fourth-order valence-corrected chi connectivity index (χ4v) is 1.49. The molecule has 1 fully saturated rings. The van der Waals surface area contributed by atoms with E-state index in [1.807, 2.05) is 0 Å². The smallest absolute Gasteiger partial charge is 0.0638 e. The van der Waals surface area contributed by atoms with Crippen molar-refractivity contribution in [1.29, 1.82) is 5.26 Å². The van der Waals surface area contributed by atoms with Gasteiger partial charge in [-0.15, -0.1) is 0 Å². The van der Waals surface area contributed by atoms with Gasteiger partial charge in [0.2, 0.25) is 0 Å². The topological polar surface area (TPSA) is 45.0 Å². The lowest BCUT2D eigenvalue weighted by molar-refractivity contribution is 0.121. The van der Waals surface area contributed by atoms with Crippen molar-refractivity contribution >= 4 is 0 Å². The van der Waals surface area contributed by atoms with E-state index in [1.54, 1.807) is 0 Å². The van der Waals surface area contributed by atoms with E-state index in [2.05, 4.69) is 18.3 Å². The Hall–Kier alpha value is -0.590. The summed E-state index contributed by atoms with van der Waals surface area (Å²) in [6, 6.07) is 2.56. The summed E-state index contributed by atoms with van der Waals surface area (Å²) in [5.41, 5.74) is 0. The first-order valence-corrected chi connectivity index (χ1v) is 6.05. The minimum atomic E-state index is 0.360. The Bertz CT molecular complexity index is 196. The van der Waals surface area contributed by atoms with Crippen molar-refractivity contribution in [1.82, 2.24) is 5.32 Å². The van der Waals surface area contributed by atoms with Crippen LogP contribution in [0, 0.1) is 17.2 Å². The van der Waals surface area contributed by atoms with E-state index >= 15 is 0 Å². The Morgan fingerprint density at radius 3 is 2.93 bits per heavy atom. The van der Waals surface area contributed by atoms with Crippen LogP contribution in [0.3, 0.4) is 0 Å².